The highest BCUT2D eigenvalue weighted by molar-refractivity contribution is 5.52. The maximum absolute atomic E-state index is 5.69. The third-order valence-corrected chi connectivity index (χ3v) is 2.14. The lowest BCUT2D eigenvalue weighted by Crippen LogP contribution is -1.92. The van der Waals surface area contributed by atoms with Crippen molar-refractivity contribution in [3.63, 3.8) is 0 Å². The van der Waals surface area contributed by atoms with Crippen molar-refractivity contribution in [3.05, 3.63) is 48.9 Å². The molecule has 0 radical (unpaired) electrons. The van der Waals surface area contributed by atoms with Crippen LogP contribution in [-0.4, -0.2) is 19.8 Å². The monoisotopic (exact) mass is 212 g/mol. The van der Waals surface area contributed by atoms with Gasteiger partial charge in [0.15, 0.2) is 5.75 Å². The molecule has 0 saturated heterocycles. The zero-order valence-electron chi connectivity index (χ0n) is 8.32. The Morgan fingerprint density at radius 1 is 1.06 bits per heavy atom. The molecule has 0 N–H and O–H groups in total. The average Bonchev–Trinajstić information content (AvgIpc) is 2.80. The molecule has 0 saturated carbocycles. The molecular weight excluding hydrogens is 204 g/mol. The zero-order chi connectivity index (χ0) is 10.8. The van der Waals surface area contributed by atoms with Gasteiger partial charge < -0.3 is 4.74 Å². The van der Waals surface area contributed by atoms with Gasteiger partial charge in [-0.1, -0.05) is 18.2 Å². The van der Waals surface area contributed by atoms with Crippen LogP contribution in [0.5, 0.6) is 11.5 Å². The summed E-state index contributed by atoms with van der Waals surface area (Å²) in [4.78, 5) is 0. The van der Waals surface area contributed by atoms with Crippen molar-refractivity contribution in [3.8, 4) is 11.5 Å². The number of ether oxygens (including phenoxy) is 1. The van der Waals surface area contributed by atoms with E-state index in [-0.39, 0.29) is 0 Å². The molecule has 0 aliphatic rings. The third kappa shape index (κ3) is 1.48. The summed E-state index contributed by atoms with van der Waals surface area (Å²) < 4.78 is 7.25. The van der Waals surface area contributed by atoms with E-state index < -0.39 is 0 Å². The van der Waals surface area contributed by atoms with Crippen LogP contribution in [0.3, 0.4) is 0 Å². The summed E-state index contributed by atoms with van der Waals surface area (Å²) in [5.41, 5.74) is 0.603. The lowest BCUT2D eigenvalue weighted by Gasteiger charge is -2.04. The smallest absolute Gasteiger partial charge is 0.220 e. The van der Waals surface area contributed by atoms with Gasteiger partial charge in [0.05, 0.1) is 6.20 Å². The van der Waals surface area contributed by atoms with Crippen molar-refractivity contribution in [2.45, 2.75) is 0 Å². The highest BCUT2D eigenvalue weighted by atomic mass is 16.5. The number of hydrogen-bond donors (Lipinski definition) is 0. The summed E-state index contributed by atoms with van der Waals surface area (Å²) in [7, 11) is 0. The lowest BCUT2D eigenvalue weighted by atomic mass is 10.3. The van der Waals surface area contributed by atoms with Crippen molar-refractivity contribution in [1.29, 1.82) is 0 Å². The van der Waals surface area contributed by atoms with E-state index in [0.717, 1.165) is 5.75 Å². The van der Waals surface area contributed by atoms with E-state index in [2.05, 4.69) is 15.3 Å². The first-order valence-corrected chi connectivity index (χ1v) is 4.81. The summed E-state index contributed by atoms with van der Waals surface area (Å²) in [6.45, 7) is 0. The van der Waals surface area contributed by atoms with Crippen molar-refractivity contribution in [2.24, 2.45) is 0 Å². The molecule has 0 aliphatic heterocycles. The molecule has 0 aliphatic carbocycles. The Balaban J connectivity index is 2.04. The Labute approximate surface area is 91.3 Å². The van der Waals surface area contributed by atoms with Crippen LogP contribution in [0.15, 0.2) is 48.9 Å². The Morgan fingerprint density at radius 2 is 1.94 bits per heavy atom. The summed E-state index contributed by atoms with van der Waals surface area (Å²) in [6.07, 6.45) is 3.18. The third-order valence-electron chi connectivity index (χ3n) is 2.14. The molecule has 16 heavy (non-hydrogen) atoms. The number of hydrogen-bond acceptors (Lipinski definition) is 4. The number of aromatic nitrogens is 4. The van der Waals surface area contributed by atoms with Crippen LogP contribution in [0.4, 0.5) is 0 Å². The van der Waals surface area contributed by atoms with Gasteiger partial charge in [-0.15, -0.1) is 10.2 Å². The van der Waals surface area contributed by atoms with Crippen LogP contribution in [0, 0.1) is 0 Å². The first-order chi connectivity index (χ1) is 7.93. The molecule has 0 bridgehead atoms. The number of benzene rings is 1. The highest BCUT2D eigenvalue weighted by Crippen LogP contribution is 2.23. The Hall–Kier alpha value is -2.43. The second kappa shape index (κ2) is 3.62. The van der Waals surface area contributed by atoms with E-state index in [1.54, 1.807) is 16.8 Å². The second-order valence-electron chi connectivity index (χ2n) is 3.21. The predicted molar refractivity (Wildman–Crippen MR) is 57.3 cm³/mol. The first kappa shape index (κ1) is 8.84. The standard InChI is InChI=1S/C11H8N4O/c1-2-4-9(5-3-1)16-10-6-7-13-15-8-12-14-11(10)15/h1-8H. The molecular formula is C11H8N4O. The van der Waals surface area contributed by atoms with Crippen LogP contribution in [0.25, 0.3) is 5.65 Å². The molecule has 0 fully saturated rings. The molecule has 0 amide bonds. The van der Waals surface area contributed by atoms with E-state index >= 15 is 0 Å². The highest BCUT2D eigenvalue weighted by Gasteiger charge is 2.05. The largest absolute Gasteiger partial charge is 0.453 e. The Kier molecular flexibility index (Phi) is 2.00. The molecule has 1 aromatic carbocycles. The van der Waals surface area contributed by atoms with Gasteiger partial charge in [-0.2, -0.15) is 9.61 Å². The van der Waals surface area contributed by atoms with Crippen LogP contribution < -0.4 is 4.74 Å². The molecule has 2 aromatic heterocycles. The first-order valence-electron chi connectivity index (χ1n) is 4.81. The van der Waals surface area contributed by atoms with Gasteiger partial charge in [0, 0.05) is 6.07 Å². The Morgan fingerprint density at radius 3 is 2.81 bits per heavy atom. The summed E-state index contributed by atoms with van der Waals surface area (Å²) in [6, 6.07) is 11.3. The fraction of sp³-hybridized carbons (Fsp3) is 0. The molecule has 0 spiro atoms. The van der Waals surface area contributed by atoms with Crippen molar-refractivity contribution >= 4 is 5.65 Å². The lowest BCUT2D eigenvalue weighted by molar-refractivity contribution is 0.482. The average molecular weight is 212 g/mol. The topological polar surface area (TPSA) is 52.3 Å². The molecule has 3 aromatic rings. The van der Waals surface area contributed by atoms with Gasteiger partial charge in [0.25, 0.3) is 0 Å². The Bertz CT molecular complexity index is 605. The maximum Gasteiger partial charge on any atom is 0.220 e. The second-order valence-corrected chi connectivity index (χ2v) is 3.21. The predicted octanol–water partition coefficient (Wildman–Crippen LogP) is 1.92. The van der Waals surface area contributed by atoms with Crippen molar-refractivity contribution in [2.75, 3.05) is 0 Å². The summed E-state index contributed by atoms with van der Waals surface area (Å²) in [5, 5.41) is 11.8. The van der Waals surface area contributed by atoms with Gasteiger partial charge in [0.1, 0.15) is 12.1 Å². The molecule has 5 nitrogen and oxygen atoms in total. The van der Waals surface area contributed by atoms with E-state index in [0.29, 0.717) is 11.4 Å². The molecule has 3 rings (SSSR count). The van der Waals surface area contributed by atoms with Gasteiger partial charge in [-0.3, -0.25) is 0 Å². The number of fused-ring (bicyclic) bond motifs is 1. The van der Waals surface area contributed by atoms with E-state index in [9.17, 15) is 0 Å². The minimum Gasteiger partial charge on any atom is -0.453 e. The fourth-order valence-corrected chi connectivity index (χ4v) is 1.42. The molecule has 2 heterocycles. The minimum atomic E-state index is 0.603. The van der Waals surface area contributed by atoms with Crippen molar-refractivity contribution < 1.29 is 4.74 Å². The fourth-order valence-electron chi connectivity index (χ4n) is 1.42. The van der Waals surface area contributed by atoms with E-state index in [1.165, 1.54) is 6.33 Å². The van der Waals surface area contributed by atoms with Gasteiger partial charge in [-0.25, -0.2) is 0 Å². The number of nitrogens with zero attached hydrogens (tertiary/aromatic N) is 4. The summed E-state index contributed by atoms with van der Waals surface area (Å²) in [5.74, 6) is 1.40. The van der Waals surface area contributed by atoms with Gasteiger partial charge in [0.2, 0.25) is 5.65 Å². The van der Waals surface area contributed by atoms with Crippen LogP contribution in [0.2, 0.25) is 0 Å². The number of para-hydroxylation sites is 1. The maximum atomic E-state index is 5.69. The summed E-state index contributed by atoms with van der Waals surface area (Å²) >= 11 is 0. The van der Waals surface area contributed by atoms with E-state index in [4.69, 9.17) is 4.74 Å². The van der Waals surface area contributed by atoms with Crippen LogP contribution in [0.1, 0.15) is 0 Å². The SMILES string of the molecule is c1ccc(Oc2ccnn3cnnc23)cc1. The normalized spacial score (nSPS) is 10.5. The van der Waals surface area contributed by atoms with Crippen molar-refractivity contribution in [1.82, 2.24) is 19.8 Å². The van der Waals surface area contributed by atoms with Gasteiger partial charge >= 0.3 is 0 Å². The molecule has 78 valence electrons. The van der Waals surface area contributed by atoms with Gasteiger partial charge in [-0.05, 0) is 12.1 Å². The van der Waals surface area contributed by atoms with Crippen LogP contribution >= 0.6 is 0 Å². The molecule has 0 unspecified atom stereocenters. The molecule has 0 atom stereocenters. The zero-order valence-corrected chi connectivity index (χ0v) is 8.32. The van der Waals surface area contributed by atoms with E-state index in [1.807, 2.05) is 30.3 Å². The quantitative estimate of drug-likeness (QED) is 0.651. The number of rotatable bonds is 2. The molecule has 5 heteroatoms. The minimum absolute atomic E-state index is 0.603. The van der Waals surface area contributed by atoms with Crippen LogP contribution in [-0.2, 0) is 0 Å².